The first-order valence-electron chi connectivity index (χ1n) is 8.41. The maximum absolute atomic E-state index is 12.5. The molecule has 3 heteroatoms. The third-order valence-corrected chi connectivity index (χ3v) is 5.20. The third kappa shape index (κ3) is 3.97. The van der Waals surface area contributed by atoms with Gasteiger partial charge in [0.15, 0.2) is 0 Å². The van der Waals surface area contributed by atoms with E-state index in [2.05, 4.69) is 38.3 Å². The van der Waals surface area contributed by atoms with E-state index in [1.54, 1.807) is 0 Å². The first kappa shape index (κ1) is 15.8. The summed E-state index contributed by atoms with van der Waals surface area (Å²) in [5, 5.41) is 6.82. The summed E-state index contributed by atoms with van der Waals surface area (Å²) in [7, 11) is 0. The zero-order valence-corrected chi connectivity index (χ0v) is 13.7. The van der Waals surface area contributed by atoms with Gasteiger partial charge < -0.3 is 10.6 Å². The van der Waals surface area contributed by atoms with Gasteiger partial charge in [0.25, 0.3) is 0 Å². The molecule has 1 aliphatic heterocycles. The quantitative estimate of drug-likeness (QED) is 0.816. The van der Waals surface area contributed by atoms with Crippen molar-refractivity contribution in [3.8, 4) is 0 Å². The van der Waals surface area contributed by atoms with Crippen molar-refractivity contribution in [2.45, 2.75) is 78.3 Å². The Morgan fingerprint density at radius 1 is 1.15 bits per heavy atom. The molecule has 1 heterocycles. The van der Waals surface area contributed by atoms with Crippen molar-refractivity contribution in [2.24, 2.45) is 17.3 Å². The van der Waals surface area contributed by atoms with E-state index in [1.165, 1.54) is 19.3 Å². The summed E-state index contributed by atoms with van der Waals surface area (Å²) in [6.45, 7) is 10.1. The number of rotatable bonds is 2. The van der Waals surface area contributed by atoms with Crippen LogP contribution < -0.4 is 10.6 Å². The summed E-state index contributed by atoms with van der Waals surface area (Å²) < 4.78 is 0. The molecule has 2 fully saturated rings. The third-order valence-electron chi connectivity index (χ3n) is 5.20. The SMILES string of the molecule is CC1CC(C(=O)NC2CCCCC2C(C)(C)C)CCN1. The number of carbonyl (C=O) groups excluding carboxylic acids is 1. The smallest absolute Gasteiger partial charge is 0.223 e. The average Bonchev–Trinajstić information content (AvgIpc) is 2.38. The van der Waals surface area contributed by atoms with Gasteiger partial charge in [0.05, 0.1) is 0 Å². The highest BCUT2D eigenvalue weighted by Crippen LogP contribution is 2.38. The van der Waals surface area contributed by atoms with Crippen molar-refractivity contribution < 1.29 is 4.79 Å². The number of carbonyl (C=O) groups is 1. The summed E-state index contributed by atoms with van der Waals surface area (Å²) in [6, 6.07) is 0.866. The molecule has 1 aliphatic carbocycles. The highest BCUT2D eigenvalue weighted by atomic mass is 16.1. The second-order valence-corrected chi connectivity index (χ2v) is 7.95. The number of hydrogen-bond donors (Lipinski definition) is 2. The lowest BCUT2D eigenvalue weighted by molar-refractivity contribution is -0.127. The molecular formula is C17H32N2O. The van der Waals surface area contributed by atoms with E-state index in [9.17, 15) is 4.79 Å². The Balaban J connectivity index is 1.94. The number of hydrogen-bond acceptors (Lipinski definition) is 2. The predicted octanol–water partition coefficient (Wildman–Crippen LogP) is 3.10. The molecule has 4 atom stereocenters. The van der Waals surface area contributed by atoms with Gasteiger partial charge >= 0.3 is 0 Å². The van der Waals surface area contributed by atoms with Gasteiger partial charge in [0.2, 0.25) is 5.91 Å². The standard InChI is InChI=1S/C17H32N2O/c1-12-11-13(9-10-18-12)16(20)19-15-8-6-5-7-14(15)17(2,3)4/h12-15,18H,5-11H2,1-4H3,(H,19,20). The Morgan fingerprint density at radius 2 is 1.85 bits per heavy atom. The Labute approximate surface area is 124 Å². The first-order chi connectivity index (χ1) is 9.38. The van der Waals surface area contributed by atoms with Crippen molar-refractivity contribution in [3.05, 3.63) is 0 Å². The molecule has 0 aromatic heterocycles. The van der Waals surface area contributed by atoms with E-state index in [1.807, 2.05) is 0 Å². The van der Waals surface area contributed by atoms with Gasteiger partial charge in [-0.15, -0.1) is 0 Å². The molecule has 0 spiro atoms. The lowest BCUT2D eigenvalue weighted by Crippen LogP contribution is -2.50. The Kier molecular flexibility index (Phi) is 5.11. The molecule has 1 saturated heterocycles. The van der Waals surface area contributed by atoms with Gasteiger partial charge in [0.1, 0.15) is 0 Å². The number of nitrogens with one attached hydrogen (secondary N) is 2. The molecule has 0 bridgehead atoms. The lowest BCUT2D eigenvalue weighted by atomic mass is 9.69. The molecule has 0 radical (unpaired) electrons. The zero-order chi connectivity index (χ0) is 14.8. The molecule has 2 rings (SSSR count). The van der Waals surface area contributed by atoms with Crippen LogP contribution in [-0.2, 0) is 4.79 Å². The van der Waals surface area contributed by atoms with Crippen LogP contribution in [0.4, 0.5) is 0 Å². The maximum Gasteiger partial charge on any atom is 0.223 e. The van der Waals surface area contributed by atoms with Crippen LogP contribution in [0.25, 0.3) is 0 Å². The first-order valence-corrected chi connectivity index (χ1v) is 8.41. The Hall–Kier alpha value is -0.570. The highest BCUT2D eigenvalue weighted by molar-refractivity contribution is 5.79. The molecular weight excluding hydrogens is 248 g/mol. The molecule has 1 saturated carbocycles. The van der Waals surface area contributed by atoms with Crippen molar-refractivity contribution in [2.75, 3.05) is 6.54 Å². The second-order valence-electron chi connectivity index (χ2n) is 7.95. The zero-order valence-electron chi connectivity index (χ0n) is 13.7. The number of amides is 1. The van der Waals surface area contributed by atoms with Crippen LogP contribution in [-0.4, -0.2) is 24.5 Å². The summed E-state index contributed by atoms with van der Waals surface area (Å²) >= 11 is 0. The van der Waals surface area contributed by atoms with E-state index in [-0.39, 0.29) is 5.92 Å². The van der Waals surface area contributed by atoms with Crippen LogP contribution in [0, 0.1) is 17.3 Å². The normalized spacial score (nSPS) is 35.6. The fraction of sp³-hybridized carbons (Fsp3) is 0.941. The maximum atomic E-state index is 12.5. The highest BCUT2D eigenvalue weighted by Gasteiger charge is 2.36. The van der Waals surface area contributed by atoms with Gasteiger partial charge in [-0.3, -0.25) is 4.79 Å². The van der Waals surface area contributed by atoms with E-state index in [4.69, 9.17) is 0 Å². The molecule has 4 unspecified atom stereocenters. The summed E-state index contributed by atoms with van der Waals surface area (Å²) in [5.74, 6) is 1.15. The Bertz CT molecular complexity index is 334. The molecule has 1 amide bonds. The summed E-state index contributed by atoms with van der Waals surface area (Å²) in [5.41, 5.74) is 0.291. The molecule has 3 nitrogen and oxygen atoms in total. The topological polar surface area (TPSA) is 41.1 Å². The van der Waals surface area contributed by atoms with Crippen molar-refractivity contribution >= 4 is 5.91 Å². The Morgan fingerprint density at radius 3 is 2.50 bits per heavy atom. The molecule has 2 N–H and O–H groups in total. The molecule has 116 valence electrons. The lowest BCUT2D eigenvalue weighted by Gasteiger charge is -2.41. The van der Waals surface area contributed by atoms with Crippen molar-refractivity contribution in [1.82, 2.24) is 10.6 Å². The van der Waals surface area contributed by atoms with Crippen LogP contribution in [0.3, 0.4) is 0 Å². The van der Waals surface area contributed by atoms with Gasteiger partial charge in [0, 0.05) is 18.0 Å². The van der Waals surface area contributed by atoms with Crippen LogP contribution in [0.5, 0.6) is 0 Å². The molecule has 0 aromatic carbocycles. The van der Waals surface area contributed by atoms with Gasteiger partial charge in [-0.05, 0) is 50.5 Å². The number of piperidine rings is 1. The average molecular weight is 280 g/mol. The molecule has 20 heavy (non-hydrogen) atoms. The largest absolute Gasteiger partial charge is 0.353 e. The van der Waals surface area contributed by atoms with Gasteiger partial charge in [-0.1, -0.05) is 33.6 Å². The van der Waals surface area contributed by atoms with E-state index >= 15 is 0 Å². The van der Waals surface area contributed by atoms with Crippen LogP contribution >= 0.6 is 0 Å². The van der Waals surface area contributed by atoms with Gasteiger partial charge in [-0.25, -0.2) is 0 Å². The monoisotopic (exact) mass is 280 g/mol. The van der Waals surface area contributed by atoms with E-state index in [0.717, 1.165) is 25.8 Å². The minimum atomic E-state index is 0.216. The van der Waals surface area contributed by atoms with E-state index < -0.39 is 0 Å². The fourth-order valence-electron chi connectivity index (χ4n) is 4.01. The molecule has 0 aromatic rings. The van der Waals surface area contributed by atoms with Crippen LogP contribution in [0.1, 0.15) is 66.2 Å². The fourth-order valence-corrected chi connectivity index (χ4v) is 4.01. The summed E-state index contributed by atoms with van der Waals surface area (Å²) in [6.07, 6.45) is 6.98. The second kappa shape index (κ2) is 6.46. The van der Waals surface area contributed by atoms with Crippen molar-refractivity contribution in [1.29, 1.82) is 0 Å². The summed E-state index contributed by atoms with van der Waals surface area (Å²) in [4.78, 5) is 12.5. The van der Waals surface area contributed by atoms with Gasteiger partial charge in [-0.2, -0.15) is 0 Å². The van der Waals surface area contributed by atoms with Crippen LogP contribution in [0.15, 0.2) is 0 Å². The minimum Gasteiger partial charge on any atom is -0.353 e. The van der Waals surface area contributed by atoms with Crippen molar-refractivity contribution in [3.63, 3.8) is 0 Å². The van der Waals surface area contributed by atoms with E-state index in [0.29, 0.717) is 29.3 Å². The predicted molar refractivity (Wildman–Crippen MR) is 83.5 cm³/mol. The minimum absolute atomic E-state index is 0.216. The molecule has 2 aliphatic rings. The van der Waals surface area contributed by atoms with Crippen LogP contribution in [0.2, 0.25) is 0 Å².